The first-order valence-corrected chi connectivity index (χ1v) is 8.36. The molecule has 0 spiro atoms. The number of piperidine rings is 1. The van der Waals surface area contributed by atoms with Crippen molar-refractivity contribution in [2.45, 2.75) is 31.2 Å². The summed E-state index contributed by atoms with van der Waals surface area (Å²) in [5.41, 5.74) is 0.999. The molecule has 0 amide bonds. The van der Waals surface area contributed by atoms with Gasteiger partial charge < -0.3 is 10.2 Å². The molecular weight excluding hydrogens is 328 g/mol. The lowest BCUT2D eigenvalue weighted by Gasteiger charge is -2.33. The molecule has 7 heteroatoms. The topological polar surface area (TPSA) is 15.3 Å². The second-order valence-electron chi connectivity index (χ2n) is 6.05. The fraction of sp³-hybridized carbons (Fsp3) is 0.500. The molecule has 23 heavy (non-hydrogen) atoms. The van der Waals surface area contributed by atoms with Gasteiger partial charge in [-0.2, -0.15) is 13.2 Å². The van der Waals surface area contributed by atoms with Gasteiger partial charge in [0.25, 0.3) is 0 Å². The van der Waals surface area contributed by atoms with Gasteiger partial charge >= 0.3 is 6.18 Å². The van der Waals surface area contributed by atoms with E-state index in [0.717, 1.165) is 16.9 Å². The number of hydrogen-bond acceptors (Lipinski definition) is 3. The molecule has 2 atom stereocenters. The summed E-state index contributed by atoms with van der Waals surface area (Å²) in [5, 5.41) is 5.34. The van der Waals surface area contributed by atoms with Gasteiger partial charge in [0.15, 0.2) is 0 Å². The summed E-state index contributed by atoms with van der Waals surface area (Å²) >= 11 is 1.28. The average Bonchev–Trinajstić information content (AvgIpc) is 2.84. The Kier molecular flexibility index (Phi) is 4.51. The Balaban J connectivity index is 1.84. The van der Waals surface area contributed by atoms with Crippen molar-refractivity contribution in [1.29, 1.82) is 0 Å². The normalized spacial score (nSPS) is 23.3. The van der Waals surface area contributed by atoms with Crippen LogP contribution in [0, 0.1) is 0 Å². The number of thiophene rings is 1. The van der Waals surface area contributed by atoms with Gasteiger partial charge in [-0.25, -0.2) is 4.39 Å². The van der Waals surface area contributed by atoms with Gasteiger partial charge in [0.1, 0.15) is 6.17 Å². The Bertz CT molecular complexity index is 682. The first-order valence-electron chi connectivity index (χ1n) is 7.48. The average molecular weight is 346 g/mol. The van der Waals surface area contributed by atoms with Gasteiger partial charge in [-0.1, -0.05) is 12.1 Å². The first-order chi connectivity index (χ1) is 10.8. The largest absolute Gasteiger partial charge is 0.393 e. The van der Waals surface area contributed by atoms with E-state index in [0.29, 0.717) is 18.4 Å². The molecule has 1 saturated heterocycles. The summed E-state index contributed by atoms with van der Waals surface area (Å²) in [6.45, 7) is 1.18. The van der Waals surface area contributed by atoms with E-state index in [-0.39, 0.29) is 11.6 Å². The highest BCUT2D eigenvalue weighted by molar-refractivity contribution is 7.18. The molecule has 0 unspecified atom stereocenters. The molecule has 1 aliphatic rings. The standard InChI is InChI=1S/C16H18F4N2S/c1-22-6-5-13(12(17)8-22)21-14-4-2-3-11-10(7-16(18,19)20)9-23-15(11)14/h2-4,9,12-13,21H,5-8H2,1H3/t12-,13-/m0/s1. The maximum atomic E-state index is 14.2. The molecule has 1 aromatic heterocycles. The zero-order valence-electron chi connectivity index (χ0n) is 12.7. The van der Waals surface area contributed by atoms with Crippen LogP contribution in [-0.2, 0) is 6.42 Å². The summed E-state index contributed by atoms with van der Waals surface area (Å²) in [6, 6.07) is 4.92. The Hall–Kier alpha value is -1.34. The van der Waals surface area contributed by atoms with Crippen molar-refractivity contribution in [2.75, 3.05) is 25.5 Å². The highest BCUT2D eigenvalue weighted by Gasteiger charge is 2.30. The predicted molar refractivity (Wildman–Crippen MR) is 86.0 cm³/mol. The number of rotatable bonds is 3. The minimum Gasteiger partial charge on any atom is -0.378 e. The number of likely N-dealkylation sites (tertiary alicyclic amines) is 1. The maximum absolute atomic E-state index is 14.2. The van der Waals surface area contributed by atoms with Crippen LogP contribution in [0.2, 0.25) is 0 Å². The van der Waals surface area contributed by atoms with Crippen molar-refractivity contribution in [1.82, 2.24) is 4.90 Å². The van der Waals surface area contributed by atoms with Gasteiger partial charge in [0.2, 0.25) is 0 Å². The molecule has 2 heterocycles. The van der Waals surface area contributed by atoms with Gasteiger partial charge in [0.05, 0.1) is 22.8 Å². The van der Waals surface area contributed by atoms with E-state index >= 15 is 0 Å². The summed E-state index contributed by atoms with van der Waals surface area (Å²) in [4.78, 5) is 1.94. The quantitative estimate of drug-likeness (QED) is 0.826. The fourth-order valence-corrected chi connectivity index (χ4v) is 4.05. The minimum absolute atomic E-state index is 0.279. The van der Waals surface area contributed by atoms with Crippen molar-refractivity contribution in [3.8, 4) is 0 Å². The van der Waals surface area contributed by atoms with Gasteiger partial charge in [-0.3, -0.25) is 0 Å². The fourth-order valence-electron chi connectivity index (χ4n) is 3.00. The Morgan fingerprint density at radius 3 is 2.83 bits per heavy atom. The molecule has 1 N–H and O–H groups in total. The van der Waals surface area contributed by atoms with Gasteiger partial charge in [-0.15, -0.1) is 11.3 Å². The van der Waals surface area contributed by atoms with E-state index in [1.807, 2.05) is 11.9 Å². The number of benzene rings is 1. The molecular formula is C16H18F4N2S. The van der Waals surface area contributed by atoms with Gasteiger partial charge in [-0.05, 0) is 35.9 Å². The lowest BCUT2D eigenvalue weighted by atomic mass is 10.0. The Morgan fingerprint density at radius 1 is 1.35 bits per heavy atom. The summed E-state index contributed by atoms with van der Waals surface area (Å²) in [6.07, 6.45) is -5.47. The predicted octanol–water partition coefficient (Wildman–Crippen LogP) is 4.46. The van der Waals surface area contributed by atoms with Crippen LogP contribution in [0.25, 0.3) is 10.1 Å². The number of nitrogens with one attached hydrogen (secondary N) is 1. The summed E-state index contributed by atoms with van der Waals surface area (Å²) in [7, 11) is 1.88. The highest BCUT2D eigenvalue weighted by atomic mass is 32.1. The van der Waals surface area contributed by atoms with Crippen LogP contribution in [0.4, 0.5) is 23.2 Å². The third kappa shape index (κ3) is 3.77. The SMILES string of the molecule is CN1CC[C@H](Nc2cccc3c(CC(F)(F)F)csc23)[C@@H](F)C1. The zero-order valence-corrected chi connectivity index (χ0v) is 13.5. The third-order valence-electron chi connectivity index (χ3n) is 4.16. The number of fused-ring (bicyclic) bond motifs is 1. The molecule has 1 fully saturated rings. The lowest BCUT2D eigenvalue weighted by Crippen LogP contribution is -2.46. The maximum Gasteiger partial charge on any atom is 0.393 e. The number of halogens is 4. The van der Waals surface area contributed by atoms with Crippen molar-refractivity contribution >= 4 is 27.1 Å². The van der Waals surface area contributed by atoms with E-state index in [1.165, 1.54) is 11.3 Å². The van der Waals surface area contributed by atoms with Crippen molar-refractivity contribution in [3.05, 3.63) is 29.1 Å². The minimum atomic E-state index is -4.23. The number of alkyl halides is 4. The second-order valence-corrected chi connectivity index (χ2v) is 6.93. The van der Waals surface area contributed by atoms with E-state index in [9.17, 15) is 17.6 Å². The van der Waals surface area contributed by atoms with Crippen molar-refractivity contribution in [2.24, 2.45) is 0 Å². The van der Waals surface area contributed by atoms with E-state index in [1.54, 1.807) is 23.6 Å². The van der Waals surface area contributed by atoms with E-state index in [2.05, 4.69) is 5.32 Å². The van der Waals surface area contributed by atoms with E-state index in [4.69, 9.17) is 0 Å². The van der Waals surface area contributed by atoms with Crippen LogP contribution in [0.5, 0.6) is 0 Å². The smallest absolute Gasteiger partial charge is 0.378 e. The van der Waals surface area contributed by atoms with Crippen LogP contribution in [-0.4, -0.2) is 43.4 Å². The highest BCUT2D eigenvalue weighted by Crippen LogP contribution is 2.36. The molecule has 0 bridgehead atoms. The molecule has 0 saturated carbocycles. The second kappa shape index (κ2) is 6.28. The molecule has 1 aromatic carbocycles. The summed E-state index contributed by atoms with van der Waals surface area (Å²) in [5.74, 6) is 0. The Morgan fingerprint density at radius 2 is 2.13 bits per heavy atom. The molecule has 126 valence electrons. The first kappa shape index (κ1) is 16.5. The summed E-state index contributed by atoms with van der Waals surface area (Å²) < 4.78 is 52.9. The molecule has 1 aliphatic heterocycles. The number of hydrogen-bond donors (Lipinski definition) is 1. The molecule has 2 aromatic rings. The third-order valence-corrected chi connectivity index (χ3v) is 5.23. The van der Waals surface area contributed by atoms with Crippen LogP contribution < -0.4 is 5.32 Å². The molecule has 3 rings (SSSR count). The van der Waals surface area contributed by atoms with Crippen LogP contribution in [0.3, 0.4) is 0 Å². The van der Waals surface area contributed by atoms with Gasteiger partial charge in [0, 0.05) is 13.1 Å². The Labute approximate surface area is 136 Å². The molecule has 2 nitrogen and oxygen atoms in total. The molecule has 0 radical (unpaired) electrons. The zero-order chi connectivity index (χ0) is 16.6. The van der Waals surface area contributed by atoms with Crippen LogP contribution in [0.1, 0.15) is 12.0 Å². The van der Waals surface area contributed by atoms with E-state index < -0.39 is 18.8 Å². The van der Waals surface area contributed by atoms with Crippen molar-refractivity contribution < 1.29 is 17.6 Å². The monoisotopic (exact) mass is 346 g/mol. The number of nitrogens with zero attached hydrogens (tertiary/aromatic N) is 1. The number of anilines is 1. The van der Waals surface area contributed by atoms with Crippen LogP contribution in [0.15, 0.2) is 23.6 Å². The van der Waals surface area contributed by atoms with Crippen molar-refractivity contribution in [3.63, 3.8) is 0 Å². The lowest BCUT2D eigenvalue weighted by molar-refractivity contribution is -0.126. The molecule has 0 aliphatic carbocycles. The van der Waals surface area contributed by atoms with Crippen LogP contribution >= 0.6 is 11.3 Å².